The van der Waals surface area contributed by atoms with Crippen LogP contribution in [0.15, 0.2) is 12.3 Å². The highest BCUT2D eigenvalue weighted by Crippen LogP contribution is 1.94. The van der Waals surface area contributed by atoms with Gasteiger partial charge in [-0.3, -0.25) is 4.79 Å². The van der Waals surface area contributed by atoms with Crippen LogP contribution in [0.1, 0.15) is 6.42 Å². The van der Waals surface area contributed by atoms with Gasteiger partial charge in [0.1, 0.15) is 6.29 Å². The Balaban J connectivity index is 3.70. The molecule has 1 atom stereocenters. The molecule has 1 unspecified atom stereocenters. The van der Waals surface area contributed by atoms with E-state index in [1.165, 1.54) is 0 Å². The van der Waals surface area contributed by atoms with E-state index in [1.54, 1.807) is 0 Å². The molecular weight excluding hydrogens is 134 g/mol. The van der Waals surface area contributed by atoms with Gasteiger partial charge in [-0.25, -0.2) is 0 Å². The molecule has 0 fully saturated rings. The first-order valence-electron chi connectivity index (χ1n) is 2.72. The fraction of sp³-hybridized carbons (Fsp3) is 0.333. The van der Waals surface area contributed by atoms with E-state index in [4.69, 9.17) is 5.11 Å². The Morgan fingerprint density at radius 2 is 2.30 bits per heavy atom. The Bertz CT molecular complexity index is 144. The van der Waals surface area contributed by atoms with Gasteiger partial charge >= 0.3 is 0 Å². The van der Waals surface area contributed by atoms with Crippen LogP contribution in [0.4, 0.5) is 0 Å². The van der Waals surface area contributed by atoms with Crippen molar-refractivity contribution in [1.82, 2.24) is 5.32 Å². The van der Waals surface area contributed by atoms with E-state index in [0.29, 0.717) is 12.7 Å². The fourth-order valence-electron chi connectivity index (χ4n) is 0.488. The van der Waals surface area contributed by atoms with Gasteiger partial charge in [-0.15, -0.1) is 0 Å². The van der Waals surface area contributed by atoms with Crippen LogP contribution in [0.5, 0.6) is 0 Å². The zero-order chi connectivity index (χ0) is 7.98. The van der Waals surface area contributed by atoms with Gasteiger partial charge in [0.25, 0.3) is 0 Å². The number of rotatable bonds is 5. The van der Waals surface area contributed by atoms with Crippen LogP contribution in [0, 0.1) is 0 Å². The molecule has 0 aliphatic carbocycles. The summed E-state index contributed by atoms with van der Waals surface area (Å²) >= 11 is 0. The maximum atomic E-state index is 10.1. The monoisotopic (exact) mass is 143 g/mol. The van der Waals surface area contributed by atoms with Crippen LogP contribution in [0.3, 0.4) is 0 Å². The lowest BCUT2D eigenvalue weighted by Gasteiger charge is -2.05. The first-order chi connectivity index (χ1) is 4.70. The lowest BCUT2D eigenvalue weighted by molar-refractivity contribution is -0.115. The van der Waals surface area contributed by atoms with Gasteiger partial charge < -0.3 is 15.2 Å². The number of hydrogen-bond donors (Lipinski definition) is 2. The summed E-state index contributed by atoms with van der Waals surface area (Å²) in [5.74, 6) is -0.119. The highest BCUT2D eigenvalue weighted by atomic mass is 16.3. The lowest BCUT2D eigenvalue weighted by atomic mass is 10.2. The topological polar surface area (TPSA) is 66.4 Å². The van der Waals surface area contributed by atoms with Gasteiger partial charge in [-0.05, 0) is 0 Å². The Kier molecular flexibility index (Phi) is 3.95. The van der Waals surface area contributed by atoms with Gasteiger partial charge in [0.2, 0.25) is 6.41 Å². The van der Waals surface area contributed by atoms with Crippen LogP contribution in [0.2, 0.25) is 0 Å². The van der Waals surface area contributed by atoms with E-state index >= 15 is 0 Å². The molecule has 0 heterocycles. The standard InChI is InChI=1S/C6H9NO3/c1-5(10)2-6(3-8)7-4-9/h3-4,6,10H,1-2H2,(H,7,9). The van der Waals surface area contributed by atoms with Gasteiger partial charge in [0.15, 0.2) is 0 Å². The SMILES string of the molecule is C=C(O)CC(C=O)NC=O. The minimum absolute atomic E-state index is 0.0717. The smallest absolute Gasteiger partial charge is 0.207 e. The molecule has 4 heteroatoms. The minimum atomic E-state index is -0.657. The zero-order valence-electron chi connectivity index (χ0n) is 5.41. The molecule has 0 aliphatic heterocycles. The highest BCUT2D eigenvalue weighted by Gasteiger charge is 2.05. The quantitative estimate of drug-likeness (QED) is 0.412. The third-order valence-electron chi connectivity index (χ3n) is 0.902. The number of hydrogen-bond acceptors (Lipinski definition) is 3. The number of nitrogens with one attached hydrogen (secondary N) is 1. The van der Waals surface area contributed by atoms with Crippen molar-refractivity contribution in [2.45, 2.75) is 12.5 Å². The predicted octanol–water partition coefficient (Wildman–Crippen LogP) is -0.238. The third kappa shape index (κ3) is 3.65. The summed E-state index contributed by atoms with van der Waals surface area (Å²) in [7, 11) is 0. The number of aliphatic hydroxyl groups excluding tert-OH is 1. The van der Waals surface area contributed by atoms with Crippen LogP contribution in [-0.4, -0.2) is 23.8 Å². The largest absolute Gasteiger partial charge is 0.513 e. The average Bonchev–Trinajstić information content (AvgIpc) is 1.86. The summed E-state index contributed by atoms with van der Waals surface area (Å²) in [5.41, 5.74) is 0. The number of aliphatic hydroxyl groups is 1. The number of aldehydes is 1. The van der Waals surface area contributed by atoms with Gasteiger partial charge in [-0.2, -0.15) is 0 Å². The maximum Gasteiger partial charge on any atom is 0.207 e. The van der Waals surface area contributed by atoms with Gasteiger partial charge in [0, 0.05) is 6.42 Å². The molecule has 4 nitrogen and oxygen atoms in total. The normalized spacial score (nSPS) is 11.6. The molecule has 0 spiro atoms. The first-order valence-corrected chi connectivity index (χ1v) is 2.72. The summed E-state index contributed by atoms with van der Waals surface area (Å²) in [5, 5.41) is 10.8. The fourth-order valence-corrected chi connectivity index (χ4v) is 0.488. The van der Waals surface area contributed by atoms with Gasteiger partial charge in [0.05, 0.1) is 11.8 Å². The Morgan fingerprint density at radius 1 is 1.70 bits per heavy atom. The third-order valence-corrected chi connectivity index (χ3v) is 0.902. The van der Waals surface area contributed by atoms with E-state index in [2.05, 4.69) is 11.9 Å². The van der Waals surface area contributed by atoms with E-state index in [9.17, 15) is 9.59 Å². The molecule has 0 aromatic heterocycles. The average molecular weight is 143 g/mol. The minimum Gasteiger partial charge on any atom is -0.513 e. The Hall–Kier alpha value is -1.32. The molecule has 0 radical (unpaired) electrons. The van der Waals surface area contributed by atoms with Crippen molar-refractivity contribution in [3.8, 4) is 0 Å². The molecule has 2 N–H and O–H groups in total. The molecule has 0 bridgehead atoms. The van der Waals surface area contributed by atoms with E-state index in [0.717, 1.165) is 0 Å². The second kappa shape index (κ2) is 4.55. The molecule has 56 valence electrons. The molecule has 0 rings (SSSR count). The molecule has 0 saturated heterocycles. The second-order valence-corrected chi connectivity index (χ2v) is 1.80. The van der Waals surface area contributed by atoms with Crippen molar-refractivity contribution in [1.29, 1.82) is 0 Å². The van der Waals surface area contributed by atoms with Crippen LogP contribution < -0.4 is 5.32 Å². The van der Waals surface area contributed by atoms with Crippen molar-refractivity contribution >= 4 is 12.7 Å². The van der Waals surface area contributed by atoms with Crippen molar-refractivity contribution in [2.24, 2.45) is 0 Å². The molecule has 0 saturated carbocycles. The lowest BCUT2D eigenvalue weighted by Crippen LogP contribution is -2.29. The molecule has 1 amide bonds. The van der Waals surface area contributed by atoms with Crippen LogP contribution >= 0.6 is 0 Å². The van der Waals surface area contributed by atoms with Crippen molar-refractivity contribution in [3.05, 3.63) is 12.3 Å². The molecule has 0 aromatic rings. The predicted molar refractivity (Wildman–Crippen MR) is 35.4 cm³/mol. The first kappa shape index (κ1) is 8.68. The van der Waals surface area contributed by atoms with Crippen molar-refractivity contribution in [2.75, 3.05) is 0 Å². The molecular formula is C6H9NO3. The summed E-state index contributed by atoms with van der Waals surface area (Å²) in [6.07, 6.45) is 1.01. The Morgan fingerprint density at radius 3 is 2.60 bits per heavy atom. The summed E-state index contributed by atoms with van der Waals surface area (Å²) < 4.78 is 0. The Labute approximate surface area is 58.5 Å². The summed E-state index contributed by atoms with van der Waals surface area (Å²) in [4.78, 5) is 19.8. The number of amides is 1. The molecule has 0 aromatic carbocycles. The van der Waals surface area contributed by atoms with E-state index < -0.39 is 6.04 Å². The summed E-state index contributed by atoms with van der Waals surface area (Å²) in [6.45, 7) is 3.17. The van der Waals surface area contributed by atoms with E-state index in [-0.39, 0.29) is 12.2 Å². The van der Waals surface area contributed by atoms with Crippen molar-refractivity contribution < 1.29 is 14.7 Å². The molecule has 10 heavy (non-hydrogen) atoms. The van der Waals surface area contributed by atoms with E-state index in [1.807, 2.05) is 0 Å². The number of carbonyl (C=O) groups is 2. The zero-order valence-corrected chi connectivity index (χ0v) is 5.41. The van der Waals surface area contributed by atoms with Crippen LogP contribution in [-0.2, 0) is 9.59 Å². The van der Waals surface area contributed by atoms with Crippen LogP contribution in [0.25, 0.3) is 0 Å². The maximum absolute atomic E-state index is 10.1. The van der Waals surface area contributed by atoms with Gasteiger partial charge in [-0.1, -0.05) is 6.58 Å². The second-order valence-electron chi connectivity index (χ2n) is 1.80. The van der Waals surface area contributed by atoms with Crippen molar-refractivity contribution in [3.63, 3.8) is 0 Å². The highest BCUT2D eigenvalue weighted by molar-refractivity contribution is 5.63. The molecule has 0 aliphatic rings. The number of carbonyl (C=O) groups excluding carboxylic acids is 2. The summed E-state index contributed by atoms with van der Waals surface area (Å²) in [6, 6.07) is -0.657.